The smallest absolute Gasteiger partial charge is 0.101 e. The van der Waals surface area contributed by atoms with E-state index in [0.29, 0.717) is 18.0 Å². The molecule has 0 heterocycles. The van der Waals surface area contributed by atoms with E-state index in [0.717, 1.165) is 5.69 Å². The molecule has 0 aliphatic heterocycles. The van der Waals surface area contributed by atoms with Crippen molar-refractivity contribution < 1.29 is 5.11 Å². The summed E-state index contributed by atoms with van der Waals surface area (Å²) < 4.78 is 0. The Balaban J connectivity index is 2.64. The first kappa shape index (κ1) is 12.5. The van der Waals surface area contributed by atoms with Gasteiger partial charge in [0.25, 0.3) is 0 Å². The van der Waals surface area contributed by atoms with Gasteiger partial charge in [-0.25, -0.2) is 0 Å². The van der Waals surface area contributed by atoms with Crippen LogP contribution in [0.3, 0.4) is 0 Å². The summed E-state index contributed by atoms with van der Waals surface area (Å²) in [5, 5.41) is 21.3. The molecule has 1 unspecified atom stereocenters. The summed E-state index contributed by atoms with van der Waals surface area (Å²) in [6, 6.07) is 9.55. The number of nitrogens with zero attached hydrogens (tertiary/aromatic N) is 1. The average molecular weight is 218 g/mol. The Hall–Kier alpha value is -1.53. The first-order valence-electron chi connectivity index (χ1n) is 5.53. The standard InChI is InChI=1S/C13H18N2O/c1-10(2)12(9-16)8-15-13-6-4-3-5-11(13)7-14/h3-6,10,12,15-16H,8-9H2,1-2H3. The molecule has 0 aliphatic rings. The highest BCUT2D eigenvalue weighted by molar-refractivity contribution is 5.57. The highest BCUT2D eigenvalue weighted by Gasteiger charge is 2.12. The SMILES string of the molecule is CC(C)C(CO)CNc1ccccc1C#N. The van der Waals surface area contributed by atoms with Gasteiger partial charge in [-0.3, -0.25) is 0 Å². The van der Waals surface area contributed by atoms with E-state index in [9.17, 15) is 5.11 Å². The predicted molar refractivity (Wildman–Crippen MR) is 65.1 cm³/mol. The summed E-state index contributed by atoms with van der Waals surface area (Å²) in [7, 11) is 0. The van der Waals surface area contributed by atoms with Crippen molar-refractivity contribution in [3.63, 3.8) is 0 Å². The van der Waals surface area contributed by atoms with Crippen LogP contribution in [-0.4, -0.2) is 18.3 Å². The number of nitriles is 1. The third-order valence-corrected chi connectivity index (χ3v) is 2.78. The molecule has 0 saturated carbocycles. The third-order valence-electron chi connectivity index (χ3n) is 2.78. The number of para-hydroxylation sites is 1. The van der Waals surface area contributed by atoms with Gasteiger partial charge < -0.3 is 10.4 Å². The zero-order valence-corrected chi connectivity index (χ0v) is 9.77. The van der Waals surface area contributed by atoms with Gasteiger partial charge in [-0.1, -0.05) is 26.0 Å². The minimum atomic E-state index is 0.166. The van der Waals surface area contributed by atoms with Crippen molar-refractivity contribution in [2.24, 2.45) is 11.8 Å². The van der Waals surface area contributed by atoms with E-state index in [4.69, 9.17) is 5.26 Å². The summed E-state index contributed by atoms with van der Waals surface area (Å²) in [6.45, 7) is 5.02. The van der Waals surface area contributed by atoms with Crippen molar-refractivity contribution in [1.82, 2.24) is 0 Å². The molecule has 0 spiro atoms. The molecule has 0 radical (unpaired) electrons. The first-order chi connectivity index (χ1) is 7.69. The topological polar surface area (TPSA) is 56.0 Å². The maximum atomic E-state index is 9.20. The van der Waals surface area contributed by atoms with Crippen molar-refractivity contribution in [3.05, 3.63) is 29.8 Å². The fourth-order valence-corrected chi connectivity index (χ4v) is 1.49. The molecule has 3 heteroatoms. The summed E-state index contributed by atoms with van der Waals surface area (Å²) in [5.74, 6) is 0.637. The summed E-state index contributed by atoms with van der Waals surface area (Å²) in [5.41, 5.74) is 1.48. The van der Waals surface area contributed by atoms with E-state index < -0.39 is 0 Å². The predicted octanol–water partition coefficient (Wildman–Crippen LogP) is 2.23. The van der Waals surface area contributed by atoms with Gasteiger partial charge in [-0.2, -0.15) is 5.26 Å². The number of aliphatic hydroxyl groups is 1. The molecule has 16 heavy (non-hydrogen) atoms. The monoisotopic (exact) mass is 218 g/mol. The minimum Gasteiger partial charge on any atom is -0.396 e. The molecule has 1 aromatic rings. The second-order valence-corrected chi connectivity index (χ2v) is 4.22. The molecule has 0 amide bonds. The second-order valence-electron chi connectivity index (χ2n) is 4.22. The first-order valence-corrected chi connectivity index (χ1v) is 5.53. The lowest BCUT2D eigenvalue weighted by molar-refractivity contribution is 0.198. The molecule has 1 rings (SSSR count). The van der Waals surface area contributed by atoms with Gasteiger partial charge in [0.1, 0.15) is 6.07 Å². The van der Waals surface area contributed by atoms with Crippen LogP contribution in [-0.2, 0) is 0 Å². The van der Waals surface area contributed by atoms with Crippen molar-refractivity contribution in [2.45, 2.75) is 13.8 Å². The summed E-state index contributed by atoms with van der Waals surface area (Å²) in [6.07, 6.45) is 0. The molecule has 0 aromatic heterocycles. The molecule has 0 aliphatic carbocycles. The Morgan fingerprint density at radius 1 is 1.38 bits per heavy atom. The molecule has 86 valence electrons. The number of anilines is 1. The van der Waals surface area contributed by atoms with Gasteiger partial charge in [0.05, 0.1) is 11.3 Å². The quantitative estimate of drug-likeness (QED) is 0.796. The number of hydrogen-bond donors (Lipinski definition) is 2. The fraction of sp³-hybridized carbons (Fsp3) is 0.462. The number of rotatable bonds is 5. The van der Waals surface area contributed by atoms with E-state index in [-0.39, 0.29) is 12.5 Å². The Labute approximate surface area is 96.7 Å². The van der Waals surface area contributed by atoms with E-state index >= 15 is 0 Å². The van der Waals surface area contributed by atoms with Gasteiger partial charge in [-0.15, -0.1) is 0 Å². The zero-order valence-electron chi connectivity index (χ0n) is 9.77. The lowest BCUT2D eigenvalue weighted by atomic mass is 9.96. The Morgan fingerprint density at radius 3 is 2.62 bits per heavy atom. The second kappa shape index (κ2) is 6.14. The Morgan fingerprint density at radius 2 is 2.06 bits per heavy atom. The maximum absolute atomic E-state index is 9.20. The van der Waals surface area contributed by atoms with Crippen molar-refractivity contribution >= 4 is 5.69 Å². The van der Waals surface area contributed by atoms with Crippen LogP contribution in [0.5, 0.6) is 0 Å². The molecular weight excluding hydrogens is 200 g/mol. The number of aliphatic hydroxyl groups excluding tert-OH is 1. The Kier molecular flexibility index (Phi) is 4.81. The van der Waals surface area contributed by atoms with E-state index in [2.05, 4.69) is 25.2 Å². The third kappa shape index (κ3) is 3.25. The van der Waals surface area contributed by atoms with Crippen LogP contribution in [0.1, 0.15) is 19.4 Å². The lowest BCUT2D eigenvalue weighted by Crippen LogP contribution is -2.23. The van der Waals surface area contributed by atoms with Crippen LogP contribution in [0.4, 0.5) is 5.69 Å². The van der Waals surface area contributed by atoms with Gasteiger partial charge in [0.15, 0.2) is 0 Å². The van der Waals surface area contributed by atoms with Crippen LogP contribution < -0.4 is 5.32 Å². The molecule has 2 N–H and O–H groups in total. The number of hydrogen-bond acceptors (Lipinski definition) is 3. The average Bonchev–Trinajstić information content (AvgIpc) is 2.30. The summed E-state index contributed by atoms with van der Waals surface area (Å²) in [4.78, 5) is 0. The normalized spacial score (nSPS) is 12.2. The molecular formula is C13H18N2O. The Bertz CT molecular complexity index is 368. The fourth-order valence-electron chi connectivity index (χ4n) is 1.49. The minimum absolute atomic E-state index is 0.166. The molecule has 1 atom stereocenters. The van der Waals surface area contributed by atoms with Crippen molar-refractivity contribution in [1.29, 1.82) is 5.26 Å². The van der Waals surface area contributed by atoms with Crippen LogP contribution in [0.2, 0.25) is 0 Å². The maximum Gasteiger partial charge on any atom is 0.101 e. The highest BCUT2D eigenvalue weighted by Crippen LogP contribution is 2.16. The van der Waals surface area contributed by atoms with Crippen molar-refractivity contribution in [2.75, 3.05) is 18.5 Å². The molecule has 3 nitrogen and oxygen atoms in total. The van der Waals surface area contributed by atoms with E-state index in [1.165, 1.54) is 0 Å². The largest absolute Gasteiger partial charge is 0.396 e. The summed E-state index contributed by atoms with van der Waals surface area (Å²) >= 11 is 0. The number of nitrogens with one attached hydrogen (secondary N) is 1. The van der Waals surface area contributed by atoms with Crippen LogP contribution in [0.15, 0.2) is 24.3 Å². The zero-order chi connectivity index (χ0) is 12.0. The van der Waals surface area contributed by atoms with Gasteiger partial charge in [-0.05, 0) is 18.1 Å². The van der Waals surface area contributed by atoms with Crippen molar-refractivity contribution in [3.8, 4) is 6.07 Å². The molecule has 0 saturated heterocycles. The van der Waals surface area contributed by atoms with Gasteiger partial charge >= 0.3 is 0 Å². The number of benzene rings is 1. The molecule has 0 bridgehead atoms. The van der Waals surface area contributed by atoms with Crippen LogP contribution in [0.25, 0.3) is 0 Å². The lowest BCUT2D eigenvalue weighted by Gasteiger charge is -2.19. The molecule has 1 aromatic carbocycles. The van der Waals surface area contributed by atoms with Crippen LogP contribution in [0, 0.1) is 23.2 Å². The van der Waals surface area contributed by atoms with E-state index in [1.54, 1.807) is 6.07 Å². The highest BCUT2D eigenvalue weighted by atomic mass is 16.3. The molecule has 0 fully saturated rings. The van der Waals surface area contributed by atoms with Gasteiger partial charge in [0, 0.05) is 19.1 Å². The van der Waals surface area contributed by atoms with E-state index in [1.807, 2.05) is 18.2 Å². The van der Waals surface area contributed by atoms with Gasteiger partial charge in [0.2, 0.25) is 0 Å². The van der Waals surface area contributed by atoms with Crippen LogP contribution >= 0.6 is 0 Å².